The Morgan fingerprint density at radius 1 is 1.32 bits per heavy atom. The van der Waals surface area contributed by atoms with Crippen molar-refractivity contribution in [3.05, 3.63) is 35.6 Å². The van der Waals surface area contributed by atoms with Gasteiger partial charge in [-0.3, -0.25) is 9.13 Å². The third-order valence-electron chi connectivity index (χ3n) is 4.71. The Balaban J connectivity index is 0.00000231. The molecule has 2 saturated heterocycles. The van der Waals surface area contributed by atoms with Gasteiger partial charge in [0.25, 0.3) is 7.82 Å². The van der Waals surface area contributed by atoms with Crippen molar-refractivity contribution < 1.29 is 57.9 Å². The van der Waals surface area contributed by atoms with Gasteiger partial charge in [0.05, 0.1) is 6.61 Å². The summed E-state index contributed by atoms with van der Waals surface area (Å²) < 4.78 is 28.7. The van der Waals surface area contributed by atoms with E-state index in [1.54, 1.807) is 16.7 Å². The molecule has 2 aromatic heterocycles. The van der Waals surface area contributed by atoms with Gasteiger partial charge < -0.3 is 29.5 Å². The summed E-state index contributed by atoms with van der Waals surface area (Å²) in [6, 6.07) is 7.08. The molecule has 1 aromatic carbocycles. The number of nitrogens with two attached hydrogens (primary N) is 1. The number of aliphatic hydroxyl groups excluding tert-OH is 1. The summed E-state index contributed by atoms with van der Waals surface area (Å²) in [6.07, 6.45) is -2.98. The van der Waals surface area contributed by atoms with E-state index in [4.69, 9.17) is 31.1 Å². The van der Waals surface area contributed by atoms with E-state index in [1.165, 1.54) is 18.1 Å². The van der Waals surface area contributed by atoms with E-state index in [0.717, 1.165) is 4.90 Å². The number of nitrogen functional groups attached to an aromatic ring is 1. The van der Waals surface area contributed by atoms with Crippen LogP contribution in [0.5, 0.6) is 0 Å². The SMILES string of the molecule is Nc1ncnc2c1nc(Sc1ccc(Cl)cc1)n2C1OC2COP(=O)([O-])O[C@@H]2[C@@H]1O.[Na+]. The van der Waals surface area contributed by atoms with Crippen LogP contribution in [0.1, 0.15) is 6.23 Å². The number of hydrogen-bond acceptors (Lipinski definition) is 11. The second-order valence-corrected chi connectivity index (χ2v) is 9.46. The smallest absolute Gasteiger partial charge is 0.756 e. The van der Waals surface area contributed by atoms with Gasteiger partial charge in [0.2, 0.25) is 0 Å². The van der Waals surface area contributed by atoms with E-state index in [2.05, 4.69) is 15.0 Å². The first kappa shape index (κ1) is 23.4. The van der Waals surface area contributed by atoms with Gasteiger partial charge in [0.1, 0.15) is 24.6 Å². The standard InChI is InChI=1S/C16H15ClN5O6PS.Na/c17-7-1-3-8(4-2-7)30-16-21-10-13(18)19-6-20-14(10)22(16)15-11(23)12-9(27-15)5-26-29(24,25)28-12;/h1-4,6,9,11-12,15,23H,5H2,(H,24,25)(H2,18,19,20);/q;+1/p-1/t9?,11-,12-,15?;/m0./s1. The number of nitrogens with zero attached hydrogens (tertiary/aromatic N) is 4. The molecule has 2 fully saturated rings. The van der Waals surface area contributed by atoms with Crippen molar-refractivity contribution in [2.75, 3.05) is 12.3 Å². The molecule has 15 heteroatoms. The molecule has 5 atom stereocenters. The zero-order valence-electron chi connectivity index (χ0n) is 16.0. The summed E-state index contributed by atoms with van der Waals surface area (Å²) in [4.78, 5) is 25.2. The van der Waals surface area contributed by atoms with Crippen LogP contribution in [0.25, 0.3) is 11.2 Å². The van der Waals surface area contributed by atoms with Crippen LogP contribution in [-0.4, -0.2) is 49.5 Å². The average Bonchev–Trinajstić information content (AvgIpc) is 3.21. The van der Waals surface area contributed by atoms with Gasteiger partial charge in [-0.15, -0.1) is 0 Å². The molecule has 5 rings (SSSR count). The number of phosphoric ester groups is 1. The van der Waals surface area contributed by atoms with Crippen molar-refractivity contribution in [3.63, 3.8) is 0 Å². The Bertz CT molecular complexity index is 1170. The molecule has 3 unspecified atom stereocenters. The summed E-state index contributed by atoms with van der Waals surface area (Å²) in [6.45, 7) is -0.261. The van der Waals surface area contributed by atoms with E-state index in [9.17, 15) is 14.6 Å². The van der Waals surface area contributed by atoms with E-state index < -0.39 is 32.4 Å². The maximum Gasteiger partial charge on any atom is 1.00 e. The average molecular weight is 494 g/mol. The second kappa shape index (κ2) is 8.88. The molecule has 0 aliphatic carbocycles. The van der Waals surface area contributed by atoms with Gasteiger partial charge in [0, 0.05) is 9.92 Å². The quantitative estimate of drug-likeness (QED) is 0.318. The second-order valence-electron chi connectivity index (χ2n) is 6.62. The summed E-state index contributed by atoms with van der Waals surface area (Å²) >= 11 is 7.22. The first-order chi connectivity index (χ1) is 14.3. The monoisotopic (exact) mass is 493 g/mol. The summed E-state index contributed by atoms with van der Waals surface area (Å²) in [7, 11) is -4.50. The molecule has 4 heterocycles. The van der Waals surface area contributed by atoms with Crippen molar-refractivity contribution in [3.8, 4) is 0 Å². The molecule has 0 radical (unpaired) electrons. The fourth-order valence-corrected chi connectivity index (χ4v) is 5.34. The number of imidazole rings is 1. The molecule has 0 bridgehead atoms. The molecular weight excluding hydrogens is 480 g/mol. The molecule has 2 aliphatic heterocycles. The Hall–Kier alpha value is -0.760. The number of ether oxygens (including phenoxy) is 1. The predicted octanol–water partition coefficient (Wildman–Crippen LogP) is -1.64. The van der Waals surface area contributed by atoms with Gasteiger partial charge in [-0.05, 0) is 24.3 Å². The fourth-order valence-electron chi connectivity index (χ4n) is 3.36. The third-order valence-corrected chi connectivity index (χ3v) is 6.90. The molecular formula is C16H14ClN5NaO6PS. The van der Waals surface area contributed by atoms with E-state index >= 15 is 0 Å². The van der Waals surface area contributed by atoms with Crippen molar-refractivity contribution in [2.45, 2.75) is 34.6 Å². The fraction of sp³-hybridized carbons (Fsp3) is 0.312. The van der Waals surface area contributed by atoms with Crippen LogP contribution >= 0.6 is 31.2 Å². The van der Waals surface area contributed by atoms with Crippen LogP contribution in [0.2, 0.25) is 5.02 Å². The number of phosphoric acid groups is 1. The van der Waals surface area contributed by atoms with Crippen molar-refractivity contribution in [1.82, 2.24) is 19.5 Å². The molecule has 11 nitrogen and oxygen atoms in total. The van der Waals surface area contributed by atoms with Crippen molar-refractivity contribution in [1.29, 1.82) is 0 Å². The number of hydrogen-bond donors (Lipinski definition) is 2. The first-order valence-corrected chi connectivity index (χ1v) is 11.4. The Morgan fingerprint density at radius 2 is 2.06 bits per heavy atom. The van der Waals surface area contributed by atoms with Crippen LogP contribution in [0.4, 0.5) is 5.82 Å². The topological polar surface area (TPSA) is 158 Å². The molecule has 0 spiro atoms. The van der Waals surface area contributed by atoms with Gasteiger partial charge >= 0.3 is 29.6 Å². The molecule has 2 aliphatic rings. The number of rotatable bonds is 3. The predicted molar refractivity (Wildman–Crippen MR) is 104 cm³/mol. The largest absolute Gasteiger partial charge is 1.00 e. The van der Waals surface area contributed by atoms with Crippen LogP contribution in [0.3, 0.4) is 0 Å². The van der Waals surface area contributed by atoms with Crippen LogP contribution in [-0.2, 0) is 18.3 Å². The molecule has 0 amide bonds. The molecule has 0 saturated carbocycles. The minimum absolute atomic E-state index is 0. The number of anilines is 1. The van der Waals surface area contributed by atoms with E-state index in [1.807, 2.05) is 12.1 Å². The number of fused-ring (bicyclic) bond motifs is 2. The van der Waals surface area contributed by atoms with Crippen LogP contribution in [0, 0.1) is 0 Å². The van der Waals surface area contributed by atoms with Crippen LogP contribution in [0.15, 0.2) is 40.6 Å². The van der Waals surface area contributed by atoms with Gasteiger partial charge in [-0.2, -0.15) is 0 Å². The molecule has 3 N–H and O–H groups in total. The van der Waals surface area contributed by atoms with E-state index in [-0.39, 0.29) is 42.0 Å². The normalized spacial score (nSPS) is 30.2. The molecule has 3 aromatic rings. The number of aromatic nitrogens is 4. The van der Waals surface area contributed by atoms with Crippen molar-refractivity contribution in [2.24, 2.45) is 0 Å². The van der Waals surface area contributed by atoms with Gasteiger partial charge in [-0.25, -0.2) is 15.0 Å². The third kappa shape index (κ3) is 4.40. The minimum Gasteiger partial charge on any atom is -0.756 e. The number of benzene rings is 1. The van der Waals surface area contributed by atoms with E-state index in [0.29, 0.717) is 21.3 Å². The Labute approximate surface area is 207 Å². The summed E-state index contributed by atoms with van der Waals surface area (Å²) in [5.41, 5.74) is 6.61. The van der Waals surface area contributed by atoms with Gasteiger partial charge in [0.15, 0.2) is 28.4 Å². The maximum atomic E-state index is 11.7. The van der Waals surface area contributed by atoms with Crippen LogP contribution < -0.4 is 40.2 Å². The van der Waals surface area contributed by atoms with Crippen molar-refractivity contribution >= 4 is 48.2 Å². The number of halogens is 1. The molecule has 31 heavy (non-hydrogen) atoms. The summed E-state index contributed by atoms with van der Waals surface area (Å²) in [5.74, 6) is 0.158. The Kier molecular flexibility index (Phi) is 6.70. The maximum absolute atomic E-state index is 11.7. The van der Waals surface area contributed by atoms with Gasteiger partial charge in [-0.1, -0.05) is 23.4 Å². The molecule has 158 valence electrons. The first-order valence-electron chi connectivity index (χ1n) is 8.72. The number of aliphatic hydroxyl groups is 1. The zero-order chi connectivity index (χ0) is 21.0. The Morgan fingerprint density at radius 3 is 2.81 bits per heavy atom. The minimum atomic E-state index is -4.50. The zero-order valence-corrected chi connectivity index (χ0v) is 20.5. The summed E-state index contributed by atoms with van der Waals surface area (Å²) in [5, 5.41) is 11.8.